The van der Waals surface area contributed by atoms with Crippen LogP contribution in [0.1, 0.15) is 35.3 Å². The van der Waals surface area contributed by atoms with Gasteiger partial charge in [0.05, 0.1) is 15.1 Å². The maximum atomic E-state index is 13.5. The van der Waals surface area contributed by atoms with Gasteiger partial charge in [-0.1, -0.05) is 37.3 Å². The molecule has 3 aromatic rings. The lowest BCUT2D eigenvalue weighted by molar-refractivity contribution is 0.0983. The molecule has 0 aliphatic carbocycles. The van der Waals surface area contributed by atoms with Gasteiger partial charge in [0.25, 0.3) is 5.91 Å². The molecule has 0 radical (unpaired) electrons. The molecule has 2 aromatic carbocycles. The summed E-state index contributed by atoms with van der Waals surface area (Å²) >= 11 is 1.52. The van der Waals surface area contributed by atoms with Crippen LogP contribution in [0.25, 0.3) is 10.2 Å². The van der Waals surface area contributed by atoms with Gasteiger partial charge in [-0.15, -0.1) is 0 Å². The fourth-order valence-corrected chi connectivity index (χ4v) is 5.20. The Balaban J connectivity index is 2.01. The lowest BCUT2D eigenvalue weighted by atomic mass is 10.1. The van der Waals surface area contributed by atoms with Crippen molar-refractivity contribution in [1.29, 1.82) is 0 Å². The quantitative estimate of drug-likeness (QED) is 0.502. The number of aromatic nitrogens is 1. The van der Waals surface area contributed by atoms with Gasteiger partial charge in [-0.25, -0.2) is 13.4 Å². The van der Waals surface area contributed by atoms with Gasteiger partial charge < -0.3 is 4.90 Å². The minimum absolute atomic E-state index is 0.179. The van der Waals surface area contributed by atoms with Gasteiger partial charge in [0, 0.05) is 24.9 Å². The number of thiazole rings is 1. The minimum Gasteiger partial charge on any atom is -0.302 e. The Labute approximate surface area is 188 Å². The fraction of sp³-hybridized carbons (Fsp3) is 0.391. The van der Waals surface area contributed by atoms with Crippen molar-refractivity contribution in [3.05, 3.63) is 53.1 Å². The standard InChI is InChI=1S/C23H29N3O3S2/c1-6-25(7-2)14-15-26(22(27)18-10-12-19(13-11-18)31(5,28)29)23-24-20-16(3)8-9-17(4)21(20)30-23/h8-13H,6-7,14-15H2,1-5H3. The number of hydrogen-bond acceptors (Lipinski definition) is 6. The van der Waals surface area contributed by atoms with Crippen LogP contribution < -0.4 is 4.90 Å². The van der Waals surface area contributed by atoms with E-state index in [1.165, 1.54) is 23.5 Å². The highest BCUT2D eigenvalue weighted by atomic mass is 32.2. The zero-order valence-corrected chi connectivity index (χ0v) is 20.3. The van der Waals surface area contributed by atoms with E-state index in [0.717, 1.165) is 47.2 Å². The van der Waals surface area contributed by atoms with E-state index in [0.29, 0.717) is 17.2 Å². The van der Waals surface area contributed by atoms with Crippen LogP contribution in [0.3, 0.4) is 0 Å². The Bertz CT molecular complexity index is 1140. The molecule has 1 heterocycles. The second-order valence-electron chi connectivity index (χ2n) is 7.65. The number of aryl methyl sites for hydroxylation is 2. The number of carbonyl (C=O) groups excluding carboxylic acids is 1. The highest BCUT2D eigenvalue weighted by molar-refractivity contribution is 7.90. The summed E-state index contributed by atoms with van der Waals surface area (Å²) in [6, 6.07) is 10.2. The Morgan fingerprint density at radius 2 is 1.58 bits per heavy atom. The molecule has 31 heavy (non-hydrogen) atoms. The molecule has 0 aliphatic rings. The number of benzene rings is 2. The van der Waals surface area contributed by atoms with Crippen LogP contribution in [0.2, 0.25) is 0 Å². The van der Waals surface area contributed by atoms with Crippen molar-refractivity contribution in [2.75, 3.05) is 37.3 Å². The van der Waals surface area contributed by atoms with E-state index >= 15 is 0 Å². The van der Waals surface area contributed by atoms with Crippen LogP contribution in [0.4, 0.5) is 5.13 Å². The molecule has 0 N–H and O–H groups in total. The molecule has 166 valence electrons. The number of likely N-dealkylation sites (N-methyl/N-ethyl adjacent to an activating group) is 1. The van der Waals surface area contributed by atoms with Crippen molar-refractivity contribution in [2.45, 2.75) is 32.6 Å². The number of hydrogen-bond donors (Lipinski definition) is 0. The normalized spacial score (nSPS) is 11.9. The maximum Gasteiger partial charge on any atom is 0.260 e. The lowest BCUT2D eigenvalue weighted by Gasteiger charge is -2.24. The van der Waals surface area contributed by atoms with Crippen molar-refractivity contribution >= 4 is 42.4 Å². The molecule has 0 unspecified atom stereocenters. The van der Waals surface area contributed by atoms with Gasteiger partial charge in [0.2, 0.25) is 0 Å². The molecule has 1 amide bonds. The van der Waals surface area contributed by atoms with E-state index in [-0.39, 0.29) is 10.8 Å². The summed E-state index contributed by atoms with van der Waals surface area (Å²) in [5.74, 6) is -0.179. The lowest BCUT2D eigenvalue weighted by Crippen LogP contribution is -2.38. The van der Waals surface area contributed by atoms with Crippen molar-refractivity contribution in [3.8, 4) is 0 Å². The van der Waals surface area contributed by atoms with Crippen LogP contribution in [0.15, 0.2) is 41.3 Å². The Kier molecular flexibility index (Phi) is 7.13. The Hall–Kier alpha value is -2.29. The largest absolute Gasteiger partial charge is 0.302 e. The summed E-state index contributed by atoms with van der Waals surface area (Å²) in [5.41, 5.74) is 3.59. The van der Waals surface area contributed by atoms with Crippen molar-refractivity contribution in [1.82, 2.24) is 9.88 Å². The summed E-state index contributed by atoms with van der Waals surface area (Å²) in [5, 5.41) is 0.664. The van der Waals surface area contributed by atoms with E-state index in [2.05, 4.69) is 31.7 Å². The molecule has 3 rings (SSSR count). The van der Waals surface area contributed by atoms with Gasteiger partial charge in [0.15, 0.2) is 15.0 Å². The topological polar surface area (TPSA) is 70.6 Å². The van der Waals surface area contributed by atoms with Crippen molar-refractivity contribution in [2.24, 2.45) is 0 Å². The molecule has 0 spiro atoms. The van der Waals surface area contributed by atoms with E-state index < -0.39 is 9.84 Å². The minimum atomic E-state index is -3.31. The number of nitrogens with zero attached hydrogens (tertiary/aromatic N) is 3. The first-order valence-corrected chi connectivity index (χ1v) is 13.1. The zero-order chi connectivity index (χ0) is 22.8. The molecule has 0 atom stereocenters. The fourth-order valence-electron chi connectivity index (χ4n) is 3.43. The van der Waals surface area contributed by atoms with Crippen LogP contribution in [-0.4, -0.2) is 56.6 Å². The van der Waals surface area contributed by atoms with Crippen LogP contribution in [-0.2, 0) is 9.84 Å². The van der Waals surface area contributed by atoms with Crippen molar-refractivity contribution < 1.29 is 13.2 Å². The van der Waals surface area contributed by atoms with E-state index in [1.54, 1.807) is 17.0 Å². The summed E-state index contributed by atoms with van der Waals surface area (Å²) in [7, 11) is -3.31. The highest BCUT2D eigenvalue weighted by Crippen LogP contribution is 2.33. The molecule has 0 saturated carbocycles. The van der Waals surface area contributed by atoms with E-state index in [9.17, 15) is 13.2 Å². The van der Waals surface area contributed by atoms with Gasteiger partial charge >= 0.3 is 0 Å². The number of anilines is 1. The van der Waals surface area contributed by atoms with Gasteiger partial charge in [-0.2, -0.15) is 0 Å². The molecule has 8 heteroatoms. The first kappa shape index (κ1) is 23.4. The molecule has 6 nitrogen and oxygen atoms in total. The summed E-state index contributed by atoms with van der Waals surface area (Å²) in [6.45, 7) is 11.3. The first-order valence-electron chi connectivity index (χ1n) is 10.4. The highest BCUT2D eigenvalue weighted by Gasteiger charge is 2.23. The number of amides is 1. The summed E-state index contributed by atoms with van der Waals surface area (Å²) in [6.07, 6.45) is 1.16. The molecule has 0 fully saturated rings. The third-order valence-electron chi connectivity index (χ3n) is 5.47. The van der Waals surface area contributed by atoms with Gasteiger partial charge in [-0.3, -0.25) is 9.69 Å². The number of carbonyl (C=O) groups is 1. The maximum absolute atomic E-state index is 13.5. The SMILES string of the molecule is CCN(CC)CCN(C(=O)c1ccc(S(C)(=O)=O)cc1)c1nc2c(C)ccc(C)c2s1. The van der Waals surface area contributed by atoms with Gasteiger partial charge in [0.1, 0.15) is 0 Å². The molecular weight excluding hydrogens is 430 g/mol. The molecular formula is C23H29N3O3S2. The summed E-state index contributed by atoms with van der Waals surface area (Å²) < 4.78 is 24.6. The average Bonchev–Trinajstić information content (AvgIpc) is 3.19. The van der Waals surface area contributed by atoms with Crippen LogP contribution in [0.5, 0.6) is 0 Å². The van der Waals surface area contributed by atoms with E-state index in [1.807, 2.05) is 13.0 Å². The Morgan fingerprint density at radius 1 is 0.968 bits per heavy atom. The third kappa shape index (κ3) is 5.14. The van der Waals surface area contributed by atoms with Crippen LogP contribution >= 0.6 is 11.3 Å². The van der Waals surface area contributed by atoms with Gasteiger partial charge in [-0.05, 0) is 62.3 Å². The number of fused-ring (bicyclic) bond motifs is 1. The first-order chi connectivity index (χ1) is 14.7. The second kappa shape index (κ2) is 9.46. The van der Waals surface area contributed by atoms with E-state index in [4.69, 9.17) is 4.98 Å². The predicted octanol–water partition coefficient (Wildman–Crippen LogP) is 4.31. The molecule has 0 aliphatic heterocycles. The number of sulfone groups is 1. The zero-order valence-electron chi connectivity index (χ0n) is 18.7. The summed E-state index contributed by atoms with van der Waals surface area (Å²) in [4.78, 5) is 22.5. The molecule has 1 aromatic heterocycles. The Morgan fingerprint density at radius 3 is 2.13 bits per heavy atom. The molecule has 0 bridgehead atoms. The van der Waals surface area contributed by atoms with Crippen LogP contribution in [0, 0.1) is 13.8 Å². The van der Waals surface area contributed by atoms with Crippen molar-refractivity contribution in [3.63, 3.8) is 0 Å². The number of rotatable bonds is 8. The second-order valence-corrected chi connectivity index (χ2v) is 10.6. The predicted molar refractivity (Wildman–Crippen MR) is 128 cm³/mol. The molecule has 0 saturated heterocycles. The smallest absolute Gasteiger partial charge is 0.260 e. The third-order valence-corrected chi connectivity index (χ3v) is 7.81. The monoisotopic (exact) mass is 459 g/mol. The average molecular weight is 460 g/mol.